The van der Waals surface area contributed by atoms with E-state index in [4.69, 9.17) is 17.0 Å². The molecular weight excluding hydrogens is 256 g/mol. The molecule has 0 amide bonds. The Hall–Kier alpha value is -1.13. The first kappa shape index (κ1) is 15.9. The van der Waals surface area contributed by atoms with Crippen LogP contribution in [0.25, 0.3) is 0 Å². The Morgan fingerprint density at radius 1 is 1.37 bits per heavy atom. The van der Waals surface area contributed by atoms with E-state index in [1.165, 1.54) is 11.1 Å². The summed E-state index contributed by atoms with van der Waals surface area (Å²) in [5.74, 6) is 0. The van der Waals surface area contributed by atoms with Gasteiger partial charge in [-0.3, -0.25) is 0 Å². The van der Waals surface area contributed by atoms with Crippen LogP contribution in [0.3, 0.4) is 0 Å². The standard InChI is InChI=1S/C15H24N2OS/c1-5-18-10-6-9-16-15(19)17(4)14-8-7-12(2)11-13(14)3/h7-8,11H,5-6,9-10H2,1-4H3,(H,16,19). The van der Waals surface area contributed by atoms with Gasteiger partial charge in [-0.1, -0.05) is 17.7 Å². The maximum atomic E-state index is 5.40. The predicted molar refractivity (Wildman–Crippen MR) is 86.0 cm³/mol. The molecule has 0 saturated carbocycles. The number of ether oxygens (including phenoxy) is 1. The fraction of sp³-hybridized carbons (Fsp3) is 0.533. The molecule has 0 atom stereocenters. The minimum absolute atomic E-state index is 0.753. The molecule has 0 spiro atoms. The molecule has 0 aliphatic heterocycles. The Morgan fingerprint density at radius 3 is 2.74 bits per heavy atom. The average Bonchev–Trinajstić information content (AvgIpc) is 2.37. The van der Waals surface area contributed by atoms with Crippen LogP contribution in [-0.2, 0) is 4.74 Å². The first-order chi connectivity index (χ1) is 9.06. The maximum Gasteiger partial charge on any atom is 0.173 e. The summed E-state index contributed by atoms with van der Waals surface area (Å²) in [5.41, 5.74) is 3.65. The molecule has 0 aliphatic carbocycles. The third-order valence-electron chi connectivity index (χ3n) is 2.96. The van der Waals surface area contributed by atoms with E-state index in [0.29, 0.717) is 0 Å². The highest BCUT2D eigenvalue weighted by atomic mass is 32.1. The second-order valence-electron chi connectivity index (χ2n) is 4.63. The lowest BCUT2D eigenvalue weighted by atomic mass is 10.1. The van der Waals surface area contributed by atoms with Crippen LogP contribution in [0.5, 0.6) is 0 Å². The van der Waals surface area contributed by atoms with Crippen molar-refractivity contribution in [3.63, 3.8) is 0 Å². The van der Waals surface area contributed by atoms with Crippen LogP contribution in [0.15, 0.2) is 18.2 Å². The quantitative estimate of drug-likeness (QED) is 0.639. The molecule has 1 aromatic carbocycles. The SMILES string of the molecule is CCOCCCNC(=S)N(C)c1ccc(C)cc1C. The molecule has 0 radical (unpaired) electrons. The number of nitrogens with one attached hydrogen (secondary N) is 1. The summed E-state index contributed by atoms with van der Waals surface area (Å²) in [6, 6.07) is 6.39. The van der Waals surface area contributed by atoms with Crippen LogP contribution in [-0.4, -0.2) is 31.9 Å². The smallest absolute Gasteiger partial charge is 0.173 e. The fourth-order valence-electron chi connectivity index (χ4n) is 1.92. The molecule has 1 aromatic rings. The number of benzene rings is 1. The first-order valence-electron chi connectivity index (χ1n) is 6.72. The zero-order valence-corrected chi connectivity index (χ0v) is 13.1. The second kappa shape index (κ2) is 8.12. The fourth-order valence-corrected chi connectivity index (χ4v) is 2.12. The Labute approximate surface area is 121 Å². The number of nitrogens with zero attached hydrogens (tertiary/aromatic N) is 1. The highest BCUT2D eigenvalue weighted by molar-refractivity contribution is 7.80. The summed E-state index contributed by atoms with van der Waals surface area (Å²) in [5, 5.41) is 4.01. The van der Waals surface area contributed by atoms with Crippen LogP contribution >= 0.6 is 12.2 Å². The van der Waals surface area contributed by atoms with E-state index in [1.54, 1.807) is 0 Å². The highest BCUT2D eigenvalue weighted by Crippen LogP contribution is 2.19. The summed E-state index contributed by atoms with van der Waals surface area (Å²) >= 11 is 5.40. The molecule has 0 fully saturated rings. The number of anilines is 1. The Kier molecular flexibility index (Phi) is 6.81. The molecule has 0 aliphatic rings. The molecule has 0 saturated heterocycles. The Bertz CT molecular complexity index is 421. The molecule has 0 aromatic heterocycles. The number of thiocarbonyl (C=S) groups is 1. The topological polar surface area (TPSA) is 24.5 Å². The van der Waals surface area contributed by atoms with Gasteiger partial charge in [0, 0.05) is 32.5 Å². The van der Waals surface area contributed by atoms with E-state index in [2.05, 4.69) is 37.4 Å². The van der Waals surface area contributed by atoms with Crippen molar-refractivity contribution in [2.24, 2.45) is 0 Å². The number of hydrogen-bond donors (Lipinski definition) is 1. The summed E-state index contributed by atoms with van der Waals surface area (Å²) < 4.78 is 5.30. The minimum Gasteiger partial charge on any atom is -0.382 e. The van der Waals surface area contributed by atoms with Gasteiger partial charge in [-0.15, -0.1) is 0 Å². The van der Waals surface area contributed by atoms with E-state index in [0.717, 1.165) is 37.0 Å². The first-order valence-corrected chi connectivity index (χ1v) is 7.13. The van der Waals surface area contributed by atoms with Crippen molar-refractivity contribution in [1.82, 2.24) is 5.32 Å². The summed E-state index contributed by atoms with van der Waals surface area (Å²) in [6.45, 7) is 8.60. The molecule has 1 rings (SSSR count). The number of hydrogen-bond acceptors (Lipinski definition) is 2. The van der Waals surface area contributed by atoms with Crippen LogP contribution in [0, 0.1) is 13.8 Å². The van der Waals surface area contributed by atoms with Crippen molar-refractivity contribution in [3.8, 4) is 0 Å². The number of aryl methyl sites for hydroxylation is 2. The van der Waals surface area contributed by atoms with Gasteiger partial charge in [-0.2, -0.15) is 0 Å². The van der Waals surface area contributed by atoms with Crippen molar-refractivity contribution in [1.29, 1.82) is 0 Å². The normalized spacial score (nSPS) is 10.3. The largest absolute Gasteiger partial charge is 0.382 e. The molecule has 0 heterocycles. The third kappa shape index (κ3) is 5.17. The van der Waals surface area contributed by atoms with Gasteiger partial charge in [0.15, 0.2) is 5.11 Å². The van der Waals surface area contributed by atoms with Crippen molar-refractivity contribution >= 4 is 23.0 Å². The van der Waals surface area contributed by atoms with Crippen LogP contribution in [0.1, 0.15) is 24.5 Å². The van der Waals surface area contributed by atoms with Crippen molar-refractivity contribution in [2.75, 3.05) is 31.7 Å². The average molecular weight is 280 g/mol. The van der Waals surface area contributed by atoms with Crippen molar-refractivity contribution in [3.05, 3.63) is 29.3 Å². The maximum absolute atomic E-state index is 5.40. The van der Waals surface area contributed by atoms with E-state index in [-0.39, 0.29) is 0 Å². The molecule has 106 valence electrons. The Morgan fingerprint density at radius 2 is 2.11 bits per heavy atom. The van der Waals surface area contributed by atoms with Crippen molar-refractivity contribution < 1.29 is 4.74 Å². The minimum atomic E-state index is 0.753. The van der Waals surface area contributed by atoms with Gasteiger partial charge in [0.05, 0.1) is 0 Å². The monoisotopic (exact) mass is 280 g/mol. The van der Waals surface area contributed by atoms with Crippen LogP contribution < -0.4 is 10.2 Å². The lowest BCUT2D eigenvalue weighted by Gasteiger charge is -2.23. The predicted octanol–water partition coefficient (Wildman–Crippen LogP) is 3.04. The van der Waals surface area contributed by atoms with Gasteiger partial charge in [0.1, 0.15) is 0 Å². The van der Waals surface area contributed by atoms with E-state index >= 15 is 0 Å². The molecular formula is C15H24N2OS. The van der Waals surface area contributed by atoms with E-state index in [1.807, 2.05) is 18.9 Å². The molecule has 4 heteroatoms. The van der Waals surface area contributed by atoms with Gasteiger partial charge < -0.3 is 15.0 Å². The zero-order valence-electron chi connectivity index (χ0n) is 12.3. The second-order valence-corrected chi connectivity index (χ2v) is 5.02. The summed E-state index contributed by atoms with van der Waals surface area (Å²) in [4.78, 5) is 2.02. The summed E-state index contributed by atoms with van der Waals surface area (Å²) in [7, 11) is 2.00. The van der Waals surface area contributed by atoms with Gasteiger partial charge in [-0.25, -0.2) is 0 Å². The van der Waals surface area contributed by atoms with Gasteiger partial charge in [0.2, 0.25) is 0 Å². The van der Waals surface area contributed by atoms with Crippen molar-refractivity contribution in [2.45, 2.75) is 27.2 Å². The van der Waals surface area contributed by atoms with E-state index < -0.39 is 0 Å². The van der Waals surface area contributed by atoms with E-state index in [9.17, 15) is 0 Å². The lowest BCUT2D eigenvalue weighted by Crippen LogP contribution is -2.38. The zero-order chi connectivity index (χ0) is 14.3. The lowest BCUT2D eigenvalue weighted by molar-refractivity contribution is 0.146. The number of rotatable bonds is 6. The molecule has 0 unspecified atom stereocenters. The van der Waals surface area contributed by atoms with Crippen LogP contribution in [0.4, 0.5) is 5.69 Å². The highest BCUT2D eigenvalue weighted by Gasteiger charge is 2.08. The third-order valence-corrected chi connectivity index (χ3v) is 3.38. The Balaban J connectivity index is 2.47. The van der Waals surface area contributed by atoms with Crippen LogP contribution in [0.2, 0.25) is 0 Å². The van der Waals surface area contributed by atoms with Gasteiger partial charge in [-0.05, 0) is 51.0 Å². The van der Waals surface area contributed by atoms with Gasteiger partial charge >= 0.3 is 0 Å². The van der Waals surface area contributed by atoms with Gasteiger partial charge in [0.25, 0.3) is 0 Å². The summed E-state index contributed by atoms with van der Waals surface area (Å²) in [6.07, 6.45) is 0.967. The molecule has 0 bridgehead atoms. The molecule has 3 nitrogen and oxygen atoms in total. The molecule has 19 heavy (non-hydrogen) atoms. The molecule has 1 N–H and O–H groups in total.